The third kappa shape index (κ3) is 4.63. The maximum Gasteiger partial charge on any atom is 0.338 e. The molecule has 1 aliphatic rings. The quantitative estimate of drug-likeness (QED) is 0.355. The molecule has 180 valence electrons. The highest BCUT2D eigenvalue weighted by molar-refractivity contribution is 7.07. The number of aromatic nitrogens is 1. The number of nitrogens with zero attached hydrogens (tertiary/aromatic N) is 2. The van der Waals surface area contributed by atoms with E-state index in [9.17, 15) is 9.59 Å². The van der Waals surface area contributed by atoms with Crippen molar-refractivity contribution in [2.75, 3.05) is 7.11 Å². The van der Waals surface area contributed by atoms with Crippen LogP contribution in [0, 0.1) is 0 Å². The van der Waals surface area contributed by atoms with Gasteiger partial charge in [-0.1, -0.05) is 65.4 Å². The molecule has 5 rings (SSSR count). The number of thiazole rings is 1. The lowest BCUT2D eigenvalue weighted by atomic mass is 9.96. The summed E-state index contributed by atoms with van der Waals surface area (Å²) in [6.07, 6.45) is 1.80. The van der Waals surface area contributed by atoms with Crippen LogP contribution in [0.25, 0.3) is 6.08 Å². The van der Waals surface area contributed by atoms with Gasteiger partial charge in [0.25, 0.3) is 5.56 Å². The van der Waals surface area contributed by atoms with E-state index < -0.39 is 12.0 Å². The van der Waals surface area contributed by atoms with E-state index in [-0.39, 0.29) is 5.56 Å². The molecule has 0 N–H and O–H groups in total. The van der Waals surface area contributed by atoms with E-state index in [1.807, 2.05) is 54.6 Å². The molecule has 0 spiro atoms. The van der Waals surface area contributed by atoms with Gasteiger partial charge in [0.15, 0.2) is 4.80 Å². The molecule has 6 nitrogen and oxygen atoms in total. The Balaban J connectivity index is 1.62. The van der Waals surface area contributed by atoms with Gasteiger partial charge in [0.05, 0.1) is 29.0 Å². The lowest BCUT2D eigenvalue weighted by Crippen LogP contribution is -2.39. The van der Waals surface area contributed by atoms with Crippen molar-refractivity contribution in [2.24, 2.45) is 4.99 Å². The molecule has 1 atom stereocenters. The van der Waals surface area contributed by atoms with Gasteiger partial charge in [0, 0.05) is 5.02 Å². The second-order valence-corrected chi connectivity index (χ2v) is 9.56. The summed E-state index contributed by atoms with van der Waals surface area (Å²) in [6.45, 7) is 1.75. The average Bonchev–Trinajstić information content (AvgIpc) is 3.18. The van der Waals surface area contributed by atoms with E-state index in [0.717, 1.165) is 16.9 Å². The van der Waals surface area contributed by atoms with Crippen molar-refractivity contribution in [3.63, 3.8) is 0 Å². The van der Waals surface area contributed by atoms with Crippen LogP contribution in [0.3, 0.4) is 0 Å². The number of halogens is 1. The number of rotatable bonds is 5. The number of fused-ring (bicyclic) bond motifs is 1. The van der Waals surface area contributed by atoms with Gasteiger partial charge in [-0.15, -0.1) is 0 Å². The number of hydrogen-bond donors (Lipinski definition) is 0. The fraction of sp³-hybridized carbons (Fsp3) is 0.107. The maximum absolute atomic E-state index is 13.7. The number of allylic oxidation sites excluding steroid dienone is 1. The van der Waals surface area contributed by atoms with Crippen molar-refractivity contribution in [1.82, 2.24) is 4.57 Å². The fourth-order valence-electron chi connectivity index (χ4n) is 4.10. The van der Waals surface area contributed by atoms with Gasteiger partial charge in [-0.2, -0.15) is 0 Å². The first kappa shape index (κ1) is 23.8. The average molecular weight is 517 g/mol. The van der Waals surface area contributed by atoms with Crippen molar-refractivity contribution in [1.29, 1.82) is 0 Å². The third-order valence-corrected chi connectivity index (χ3v) is 6.98. The minimum atomic E-state index is -0.680. The predicted octanol–water partition coefficient (Wildman–Crippen LogP) is 4.85. The highest BCUT2D eigenvalue weighted by Gasteiger charge is 2.33. The lowest BCUT2D eigenvalue weighted by molar-refractivity contribution is -0.136. The van der Waals surface area contributed by atoms with Gasteiger partial charge < -0.3 is 9.47 Å². The Kier molecular flexibility index (Phi) is 6.59. The summed E-state index contributed by atoms with van der Waals surface area (Å²) in [4.78, 5) is 31.5. The molecule has 4 aromatic rings. The van der Waals surface area contributed by atoms with Crippen LogP contribution in [-0.4, -0.2) is 17.6 Å². The molecule has 0 saturated carbocycles. The van der Waals surface area contributed by atoms with E-state index in [1.54, 1.807) is 41.8 Å². The molecule has 2 heterocycles. The smallest absolute Gasteiger partial charge is 0.338 e. The second kappa shape index (κ2) is 9.97. The zero-order valence-electron chi connectivity index (χ0n) is 19.5. The Bertz CT molecular complexity index is 1650. The van der Waals surface area contributed by atoms with E-state index in [0.29, 0.717) is 31.4 Å². The predicted molar refractivity (Wildman–Crippen MR) is 140 cm³/mol. The summed E-state index contributed by atoms with van der Waals surface area (Å²) in [5, 5.41) is 0.559. The molecule has 8 heteroatoms. The Morgan fingerprint density at radius 3 is 2.47 bits per heavy atom. The van der Waals surface area contributed by atoms with E-state index in [1.165, 1.54) is 18.4 Å². The lowest BCUT2D eigenvalue weighted by Gasteiger charge is -2.24. The molecular formula is C28H21ClN2O4S. The highest BCUT2D eigenvalue weighted by Crippen LogP contribution is 2.31. The van der Waals surface area contributed by atoms with Crippen molar-refractivity contribution >= 4 is 35.0 Å². The zero-order chi connectivity index (χ0) is 25.2. The van der Waals surface area contributed by atoms with E-state index in [4.69, 9.17) is 21.1 Å². The van der Waals surface area contributed by atoms with Crippen LogP contribution in [-0.2, 0) is 9.53 Å². The number of benzene rings is 3. The molecule has 1 aliphatic heterocycles. The number of methoxy groups -OCH3 is 1. The van der Waals surface area contributed by atoms with Gasteiger partial charge in [-0.25, -0.2) is 9.79 Å². The minimum Gasteiger partial charge on any atom is -0.466 e. The minimum absolute atomic E-state index is 0.248. The Hall–Kier alpha value is -3.94. The largest absolute Gasteiger partial charge is 0.466 e. The summed E-state index contributed by atoms with van der Waals surface area (Å²) in [6, 6.07) is 23.4. The van der Waals surface area contributed by atoms with Crippen molar-refractivity contribution in [2.45, 2.75) is 13.0 Å². The molecule has 0 unspecified atom stereocenters. The Labute approximate surface area is 216 Å². The van der Waals surface area contributed by atoms with Gasteiger partial charge in [-0.3, -0.25) is 9.36 Å². The van der Waals surface area contributed by atoms with Crippen LogP contribution in [0.1, 0.15) is 24.1 Å². The topological polar surface area (TPSA) is 69.9 Å². The number of ether oxygens (including phenoxy) is 2. The maximum atomic E-state index is 13.7. The summed E-state index contributed by atoms with van der Waals surface area (Å²) in [5.41, 5.74) is 2.12. The van der Waals surface area contributed by atoms with Crippen LogP contribution in [0.4, 0.5) is 0 Å². The standard InChI is InChI=1S/C28H21ClN2O4S/c1-17-24(27(33)34-2)25(19-11-13-20(29)14-12-19)31-26(32)23(36-28(31)30-17)16-18-7-6-10-22(15-18)35-21-8-4-3-5-9-21/h3-16,25H,1-2H3/b23-16+/t25-/m0/s1. The Morgan fingerprint density at radius 1 is 1.03 bits per heavy atom. The molecular weight excluding hydrogens is 496 g/mol. The van der Waals surface area contributed by atoms with E-state index in [2.05, 4.69) is 4.99 Å². The molecule has 0 amide bonds. The van der Waals surface area contributed by atoms with Gasteiger partial charge in [0.2, 0.25) is 0 Å². The van der Waals surface area contributed by atoms with Crippen LogP contribution in [0.15, 0.2) is 99.9 Å². The molecule has 0 bridgehead atoms. The van der Waals surface area contributed by atoms with Crippen molar-refractivity contribution in [3.8, 4) is 11.5 Å². The zero-order valence-corrected chi connectivity index (χ0v) is 21.0. The highest BCUT2D eigenvalue weighted by atomic mass is 35.5. The molecule has 3 aromatic carbocycles. The summed E-state index contributed by atoms with van der Waals surface area (Å²) >= 11 is 7.36. The molecule has 1 aromatic heterocycles. The monoisotopic (exact) mass is 516 g/mol. The number of para-hydroxylation sites is 1. The fourth-order valence-corrected chi connectivity index (χ4v) is 5.27. The van der Waals surface area contributed by atoms with Gasteiger partial charge in [0.1, 0.15) is 11.5 Å². The first-order chi connectivity index (χ1) is 17.4. The van der Waals surface area contributed by atoms with Crippen molar-refractivity contribution in [3.05, 3.63) is 126 Å². The molecule has 0 saturated heterocycles. The molecule has 0 fully saturated rings. The first-order valence-corrected chi connectivity index (χ1v) is 12.3. The Morgan fingerprint density at radius 2 is 1.75 bits per heavy atom. The number of carbonyl (C=O) groups is 1. The van der Waals surface area contributed by atoms with Crippen LogP contribution in [0.2, 0.25) is 5.02 Å². The first-order valence-electron chi connectivity index (χ1n) is 11.1. The normalized spacial score (nSPS) is 15.3. The number of hydrogen-bond acceptors (Lipinski definition) is 6. The third-order valence-electron chi connectivity index (χ3n) is 5.75. The summed E-state index contributed by atoms with van der Waals surface area (Å²) < 4.78 is 13.0. The molecule has 0 aliphatic carbocycles. The van der Waals surface area contributed by atoms with Gasteiger partial charge in [-0.05, 0) is 60.5 Å². The number of carbonyl (C=O) groups excluding carboxylic acids is 1. The van der Waals surface area contributed by atoms with Crippen molar-refractivity contribution < 1.29 is 14.3 Å². The molecule has 0 radical (unpaired) electrons. The van der Waals surface area contributed by atoms with E-state index >= 15 is 0 Å². The summed E-state index contributed by atoms with van der Waals surface area (Å²) in [7, 11) is 1.32. The summed E-state index contributed by atoms with van der Waals surface area (Å²) in [5.74, 6) is 0.852. The molecule has 36 heavy (non-hydrogen) atoms. The SMILES string of the molecule is COC(=O)C1=C(C)N=c2s/c(=C/c3cccc(Oc4ccccc4)c3)c(=O)n2[C@H]1c1ccc(Cl)cc1. The van der Waals surface area contributed by atoms with Gasteiger partial charge >= 0.3 is 5.97 Å². The number of esters is 1. The second-order valence-electron chi connectivity index (χ2n) is 8.11. The van der Waals surface area contributed by atoms with Crippen LogP contribution < -0.4 is 19.6 Å². The van der Waals surface area contributed by atoms with Crippen LogP contribution >= 0.6 is 22.9 Å². The van der Waals surface area contributed by atoms with Crippen LogP contribution in [0.5, 0.6) is 11.5 Å².